The summed E-state index contributed by atoms with van der Waals surface area (Å²) in [6, 6.07) is 0. The molecule has 0 bridgehead atoms. The van der Waals surface area contributed by atoms with Crippen molar-refractivity contribution in [2.24, 2.45) is 0 Å². The molecule has 2 aliphatic rings. The Hall–Kier alpha value is -0.880. The van der Waals surface area contributed by atoms with Crippen LogP contribution in [0.2, 0.25) is 0 Å². The smallest absolute Gasteiger partial charge is 0.265 e. The molecule has 1 aromatic heterocycles. The average molecular weight is 326 g/mol. The van der Waals surface area contributed by atoms with Crippen molar-refractivity contribution in [3.05, 3.63) is 10.4 Å². The van der Waals surface area contributed by atoms with Gasteiger partial charge in [0.25, 0.3) is 5.91 Å². The molecule has 3 rings (SSSR count). The minimum Gasteiger partial charge on any atom is -0.397 e. The highest BCUT2D eigenvalue weighted by atomic mass is 32.2. The van der Waals surface area contributed by atoms with E-state index < -0.39 is 0 Å². The first-order valence-electron chi connectivity index (χ1n) is 7.56. The maximum atomic E-state index is 12.4. The zero-order valence-corrected chi connectivity index (χ0v) is 14.4. The van der Waals surface area contributed by atoms with E-state index in [1.54, 1.807) is 30.3 Å². The Bertz CT molecular complexity index is 529. The van der Waals surface area contributed by atoms with Crippen LogP contribution in [-0.4, -0.2) is 49.5 Å². The third-order valence-corrected chi connectivity index (χ3v) is 6.38. The zero-order chi connectivity index (χ0) is 15.0. The van der Waals surface area contributed by atoms with E-state index in [0.717, 1.165) is 23.7 Å². The van der Waals surface area contributed by atoms with Crippen LogP contribution in [0, 0.1) is 0 Å². The number of thioether (sulfide) groups is 1. The Labute approximate surface area is 134 Å². The lowest BCUT2D eigenvalue weighted by Crippen LogP contribution is -2.25. The third-order valence-electron chi connectivity index (χ3n) is 4.06. The van der Waals surface area contributed by atoms with Crippen molar-refractivity contribution in [2.45, 2.75) is 25.2 Å². The Morgan fingerprint density at radius 1 is 1.29 bits per heavy atom. The summed E-state index contributed by atoms with van der Waals surface area (Å²) in [5.41, 5.74) is 8.37. The van der Waals surface area contributed by atoms with E-state index in [4.69, 9.17) is 5.73 Å². The van der Waals surface area contributed by atoms with Crippen molar-refractivity contribution in [1.82, 2.24) is 4.90 Å². The number of carbonyl (C=O) groups is 1. The fraction of sp³-hybridized carbons (Fsp3) is 0.667. The van der Waals surface area contributed by atoms with Gasteiger partial charge in [-0.2, -0.15) is 11.8 Å². The normalized spacial score (nSPS) is 19.4. The van der Waals surface area contributed by atoms with Crippen LogP contribution in [0.5, 0.6) is 0 Å². The SMILES string of the molecule is CN(C)C(=O)c1sc(N2CCCSCC2)c(C2CC2)c1N. The van der Waals surface area contributed by atoms with Crippen molar-refractivity contribution in [3.63, 3.8) is 0 Å². The van der Waals surface area contributed by atoms with Crippen LogP contribution in [0.15, 0.2) is 0 Å². The molecule has 0 atom stereocenters. The van der Waals surface area contributed by atoms with E-state index >= 15 is 0 Å². The van der Waals surface area contributed by atoms with Gasteiger partial charge in [0.1, 0.15) is 4.88 Å². The first-order valence-corrected chi connectivity index (χ1v) is 9.53. The number of amides is 1. The quantitative estimate of drug-likeness (QED) is 0.928. The van der Waals surface area contributed by atoms with Crippen LogP contribution in [0.1, 0.15) is 40.4 Å². The molecule has 1 amide bonds. The summed E-state index contributed by atoms with van der Waals surface area (Å²) in [6.45, 7) is 2.15. The third kappa shape index (κ3) is 3.01. The largest absolute Gasteiger partial charge is 0.397 e. The molecule has 0 spiro atoms. The van der Waals surface area contributed by atoms with Gasteiger partial charge >= 0.3 is 0 Å². The van der Waals surface area contributed by atoms with Crippen molar-refractivity contribution in [1.29, 1.82) is 0 Å². The van der Waals surface area contributed by atoms with Crippen LogP contribution in [0.4, 0.5) is 10.7 Å². The molecule has 1 aromatic rings. The highest BCUT2D eigenvalue weighted by molar-refractivity contribution is 7.99. The topological polar surface area (TPSA) is 49.6 Å². The number of nitrogens with zero attached hydrogens (tertiary/aromatic N) is 2. The average Bonchev–Trinajstić information content (AvgIpc) is 3.26. The molecule has 0 radical (unpaired) electrons. The Kier molecular flexibility index (Phi) is 4.36. The van der Waals surface area contributed by atoms with Crippen molar-refractivity contribution >= 4 is 39.7 Å². The second kappa shape index (κ2) is 6.08. The fourth-order valence-corrected chi connectivity index (χ4v) is 5.02. The van der Waals surface area contributed by atoms with E-state index in [0.29, 0.717) is 5.92 Å². The van der Waals surface area contributed by atoms with E-state index in [2.05, 4.69) is 4.90 Å². The number of hydrogen-bond acceptors (Lipinski definition) is 5. The number of thiophene rings is 1. The fourth-order valence-electron chi connectivity index (χ4n) is 2.76. The highest BCUT2D eigenvalue weighted by Crippen LogP contribution is 2.52. The Balaban J connectivity index is 1.98. The number of carbonyl (C=O) groups excluding carboxylic acids is 1. The van der Waals surface area contributed by atoms with E-state index in [1.807, 2.05) is 11.8 Å². The minimum absolute atomic E-state index is 0.0369. The van der Waals surface area contributed by atoms with Crippen LogP contribution < -0.4 is 10.6 Å². The van der Waals surface area contributed by atoms with Gasteiger partial charge < -0.3 is 15.5 Å². The predicted octanol–water partition coefficient (Wildman–Crippen LogP) is 2.85. The van der Waals surface area contributed by atoms with Crippen molar-refractivity contribution in [2.75, 3.05) is 49.3 Å². The van der Waals surface area contributed by atoms with E-state index in [9.17, 15) is 4.79 Å². The van der Waals surface area contributed by atoms with Gasteiger partial charge in [-0.3, -0.25) is 4.79 Å². The van der Waals surface area contributed by atoms with Crippen molar-refractivity contribution in [3.8, 4) is 0 Å². The molecule has 4 nitrogen and oxygen atoms in total. The summed E-state index contributed by atoms with van der Waals surface area (Å²) in [7, 11) is 3.58. The minimum atomic E-state index is 0.0369. The van der Waals surface area contributed by atoms with Crippen molar-refractivity contribution < 1.29 is 4.79 Å². The molecule has 0 unspecified atom stereocenters. The molecule has 2 fully saturated rings. The molecule has 1 aliphatic carbocycles. The molecule has 2 heterocycles. The standard InChI is InChI=1S/C15H23N3OS2/c1-17(2)14(19)13-12(16)11(10-4-5-10)15(21-13)18-6-3-8-20-9-7-18/h10H,3-9,16H2,1-2H3. The summed E-state index contributed by atoms with van der Waals surface area (Å²) in [6.07, 6.45) is 3.64. The lowest BCUT2D eigenvalue weighted by Gasteiger charge is -2.22. The monoisotopic (exact) mass is 325 g/mol. The first kappa shape index (κ1) is 15.0. The molecule has 2 N–H and O–H groups in total. The van der Waals surface area contributed by atoms with Crippen LogP contribution >= 0.6 is 23.1 Å². The number of nitrogen functional groups attached to an aromatic ring is 1. The second-order valence-electron chi connectivity index (χ2n) is 5.99. The van der Waals surface area contributed by atoms with E-state index in [-0.39, 0.29) is 5.91 Å². The van der Waals surface area contributed by atoms with Gasteiger partial charge in [0.2, 0.25) is 0 Å². The lowest BCUT2D eigenvalue weighted by atomic mass is 10.1. The van der Waals surface area contributed by atoms with Gasteiger partial charge in [-0.25, -0.2) is 0 Å². The highest BCUT2D eigenvalue weighted by Gasteiger charge is 2.35. The first-order chi connectivity index (χ1) is 10.1. The maximum absolute atomic E-state index is 12.4. The molecular formula is C15H23N3OS2. The van der Waals surface area contributed by atoms with Crippen LogP contribution in [0.25, 0.3) is 0 Å². The molecule has 21 heavy (non-hydrogen) atoms. The second-order valence-corrected chi connectivity index (χ2v) is 8.21. The lowest BCUT2D eigenvalue weighted by molar-refractivity contribution is 0.0833. The number of anilines is 2. The molecule has 116 valence electrons. The predicted molar refractivity (Wildman–Crippen MR) is 92.9 cm³/mol. The number of hydrogen-bond donors (Lipinski definition) is 1. The Morgan fingerprint density at radius 2 is 2.05 bits per heavy atom. The molecule has 6 heteroatoms. The van der Waals surface area contributed by atoms with Gasteiger partial charge in [0.05, 0.1) is 10.7 Å². The van der Waals surface area contributed by atoms with Gasteiger partial charge in [-0.1, -0.05) is 0 Å². The van der Waals surface area contributed by atoms with Gasteiger partial charge in [-0.15, -0.1) is 11.3 Å². The molecular weight excluding hydrogens is 302 g/mol. The Morgan fingerprint density at radius 3 is 2.71 bits per heavy atom. The molecule has 0 aromatic carbocycles. The van der Waals surface area contributed by atoms with Gasteiger partial charge in [-0.05, 0) is 30.9 Å². The number of nitrogens with two attached hydrogens (primary N) is 1. The molecule has 1 saturated carbocycles. The molecule has 1 aliphatic heterocycles. The summed E-state index contributed by atoms with van der Waals surface area (Å²) in [5.74, 6) is 3.02. The van der Waals surface area contributed by atoms with Crippen LogP contribution in [-0.2, 0) is 0 Å². The van der Waals surface area contributed by atoms with Gasteiger partial charge in [0, 0.05) is 38.5 Å². The summed E-state index contributed by atoms with van der Waals surface area (Å²) in [5, 5.41) is 1.27. The maximum Gasteiger partial charge on any atom is 0.265 e. The van der Waals surface area contributed by atoms with Crippen LogP contribution in [0.3, 0.4) is 0 Å². The summed E-state index contributed by atoms with van der Waals surface area (Å²) < 4.78 is 0. The molecule has 1 saturated heterocycles. The zero-order valence-electron chi connectivity index (χ0n) is 12.7. The van der Waals surface area contributed by atoms with E-state index in [1.165, 1.54) is 41.3 Å². The van der Waals surface area contributed by atoms with Gasteiger partial charge in [0.15, 0.2) is 0 Å². The summed E-state index contributed by atoms with van der Waals surface area (Å²) >= 11 is 3.63. The summed E-state index contributed by atoms with van der Waals surface area (Å²) in [4.78, 5) is 17.2. The number of rotatable bonds is 3.